The Bertz CT molecular complexity index is 587. The largest absolute Gasteiger partial charge is 0.355 e. The predicted molar refractivity (Wildman–Crippen MR) is 96.7 cm³/mol. The quantitative estimate of drug-likeness (QED) is 0.575. The Morgan fingerprint density at radius 2 is 1.73 bits per heavy atom. The Morgan fingerprint density at radius 3 is 2.50 bits per heavy atom. The lowest BCUT2D eigenvalue weighted by Gasteiger charge is -2.07. The van der Waals surface area contributed by atoms with Crippen molar-refractivity contribution >= 4 is 29.4 Å². The fourth-order valence-corrected chi connectivity index (χ4v) is 3.65. The molecule has 0 aliphatic heterocycles. The number of aryl methyl sites for hydroxylation is 1. The fourth-order valence-electron chi connectivity index (χ4n) is 1.92. The average Bonchev–Trinajstić information content (AvgIpc) is 2.55. The summed E-state index contributed by atoms with van der Waals surface area (Å²) in [6.45, 7) is 2.81. The van der Waals surface area contributed by atoms with Crippen LogP contribution in [0.3, 0.4) is 0 Å². The molecular formula is C18H21NOS2. The van der Waals surface area contributed by atoms with Crippen LogP contribution in [-0.2, 0) is 4.79 Å². The van der Waals surface area contributed by atoms with Crippen molar-refractivity contribution in [1.82, 2.24) is 5.32 Å². The first-order chi connectivity index (χ1) is 10.8. The third kappa shape index (κ3) is 6.16. The average molecular weight is 332 g/mol. The molecule has 4 heteroatoms. The molecule has 0 bridgehead atoms. The highest BCUT2D eigenvalue weighted by Crippen LogP contribution is 2.21. The number of thioether (sulfide) groups is 2. The number of hydrogen-bond acceptors (Lipinski definition) is 3. The van der Waals surface area contributed by atoms with Crippen LogP contribution in [0.5, 0.6) is 0 Å². The Kier molecular flexibility index (Phi) is 7.40. The van der Waals surface area contributed by atoms with Gasteiger partial charge in [-0.1, -0.05) is 36.4 Å². The maximum atomic E-state index is 11.8. The summed E-state index contributed by atoms with van der Waals surface area (Å²) in [5, 5.41) is 2.99. The molecule has 2 nitrogen and oxygen atoms in total. The number of carbonyl (C=O) groups excluding carboxylic acids is 1. The Labute approximate surface area is 141 Å². The van der Waals surface area contributed by atoms with E-state index in [0.29, 0.717) is 5.75 Å². The number of hydrogen-bond donors (Lipinski definition) is 1. The van der Waals surface area contributed by atoms with Gasteiger partial charge < -0.3 is 5.32 Å². The molecule has 116 valence electrons. The fraction of sp³-hybridized carbons (Fsp3) is 0.278. The molecule has 0 saturated heterocycles. The second-order valence-electron chi connectivity index (χ2n) is 4.92. The van der Waals surface area contributed by atoms with E-state index >= 15 is 0 Å². The van der Waals surface area contributed by atoms with E-state index in [0.717, 1.165) is 18.7 Å². The summed E-state index contributed by atoms with van der Waals surface area (Å²) in [5.41, 5.74) is 1.22. The second-order valence-corrected chi connectivity index (χ2v) is 7.10. The molecule has 0 aliphatic carbocycles. The van der Waals surface area contributed by atoms with Crippen LogP contribution in [0, 0.1) is 6.92 Å². The van der Waals surface area contributed by atoms with Crippen molar-refractivity contribution in [3.63, 3.8) is 0 Å². The lowest BCUT2D eigenvalue weighted by atomic mass is 10.2. The monoisotopic (exact) mass is 331 g/mol. The third-order valence-corrected chi connectivity index (χ3v) is 5.38. The zero-order valence-corrected chi connectivity index (χ0v) is 14.4. The molecule has 0 saturated carbocycles. The van der Waals surface area contributed by atoms with E-state index in [2.05, 4.69) is 36.5 Å². The Balaban J connectivity index is 1.57. The third-order valence-electron chi connectivity index (χ3n) is 3.11. The summed E-state index contributed by atoms with van der Waals surface area (Å²) in [4.78, 5) is 14.3. The van der Waals surface area contributed by atoms with Gasteiger partial charge in [-0.15, -0.1) is 23.5 Å². The maximum Gasteiger partial charge on any atom is 0.230 e. The van der Waals surface area contributed by atoms with Crippen molar-refractivity contribution in [1.29, 1.82) is 0 Å². The van der Waals surface area contributed by atoms with E-state index < -0.39 is 0 Å². The topological polar surface area (TPSA) is 29.1 Å². The zero-order chi connectivity index (χ0) is 15.6. The highest BCUT2D eigenvalue weighted by Gasteiger charge is 2.04. The maximum absolute atomic E-state index is 11.8. The Hall–Kier alpha value is -1.39. The predicted octanol–water partition coefficient (Wildman–Crippen LogP) is 4.39. The van der Waals surface area contributed by atoms with Gasteiger partial charge in [0, 0.05) is 16.3 Å². The molecule has 2 aromatic carbocycles. The minimum absolute atomic E-state index is 0.109. The van der Waals surface area contributed by atoms with Crippen LogP contribution in [0.15, 0.2) is 64.4 Å². The van der Waals surface area contributed by atoms with Gasteiger partial charge in [0.1, 0.15) is 0 Å². The summed E-state index contributed by atoms with van der Waals surface area (Å²) in [5.74, 6) is 1.62. The van der Waals surface area contributed by atoms with Crippen LogP contribution >= 0.6 is 23.5 Å². The Morgan fingerprint density at radius 1 is 1.00 bits per heavy atom. The first-order valence-electron chi connectivity index (χ1n) is 7.38. The van der Waals surface area contributed by atoms with Gasteiger partial charge in [-0.05, 0) is 42.9 Å². The summed E-state index contributed by atoms with van der Waals surface area (Å²) < 4.78 is 0. The van der Waals surface area contributed by atoms with Crippen molar-refractivity contribution in [2.45, 2.75) is 23.1 Å². The van der Waals surface area contributed by atoms with Gasteiger partial charge in [0.25, 0.3) is 0 Å². The van der Waals surface area contributed by atoms with Crippen molar-refractivity contribution in [2.24, 2.45) is 0 Å². The van der Waals surface area contributed by atoms with Crippen LogP contribution < -0.4 is 5.32 Å². The molecule has 1 amide bonds. The van der Waals surface area contributed by atoms with Gasteiger partial charge in [-0.3, -0.25) is 4.79 Å². The van der Waals surface area contributed by atoms with Crippen LogP contribution in [0.1, 0.15) is 12.0 Å². The number of nitrogens with one attached hydrogen (secondary N) is 1. The van der Waals surface area contributed by atoms with E-state index in [1.54, 1.807) is 11.8 Å². The standard InChI is InChI=1S/C18H21NOS2/c1-15-8-5-6-11-17(15)22-14-18(20)19-12-7-13-21-16-9-3-2-4-10-16/h2-6,8-11H,7,12-14H2,1H3,(H,19,20). The van der Waals surface area contributed by atoms with Crippen LogP contribution in [0.2, 0.25) is 0 Å². The van der Waals surface area contributed by atoms with Gasteiger partial charge in [-0.25, -0.2) is 0 Å². The van der Waals surface area contributed by atoms with E-state index in [-0.39, 0.29) is 5.91 Å². The normalized spacial score (nSPS) is 10.4. The molecule has 0 heterocycles. The minimum Gasteiger partial charge on any atom is -0.355 e. The molecule has 1 N–H and O–H groups in total. The molecule has 0 spiro atoms. The van der Waals surface area contributed by atoms with Crippen LogP contribution in [0.25, 0.3) is 0 Å². The highest BCUT2D eigenvalue weighted by molar-refractivity contribution is 8.00. The van der Waals surface area contributed by atoms with E-state index in [1.807, 2.05) is 42.1 Å². The number of amides is 1. The molecule has 0 unspecified atom stereocenters. The smallest absolute Gasteiger partial charge is 0.230 e. The summed E-state index contributed by atoms with van der Waals surface area (Å²) in [6.07, 6.45) is 0.986. The molecule has 0 aliphatic rings. The van der Waals surface area contributed by atoms with Crippen molar-refractivity contribution in [2.75, 3.05) is 18.1 Å². The second kappa shape index (κ2) is 9.59. The summed E-state index contributed by atoms with van der Waals surface area (Å²) in [7, 11) is 0. The van der Waals surface area contributed by atoms with Gasteiger partial charge in [-0.2, -0.15) is 0 Å². The van der Waals surface area contributed by atoms with E-state index in [1.165, 1.54) is 15.4 Å². The number of rotatable bonds is 8. The van der Waals surface area contributed by atoms with Crippen LogP contribution in [0.4, 0.5) is 0 Å². The molecule has 2 rings (SSSR count). The molecule has 0 aromatic heterocycles. The summed E-state index contributed by atoms with van der Waals surface area (Å²) in [6, 6.07) is 18.5. The molecule has 0 atom stereocenters. The molecule has 2 aromatic rings. The first-order valence-corrected chi connectivity index (χ1v) is 9.36. The molecule has 22 heavy (non-hydrogen) atoms. The van der Waals surface area contributed by atoms with E-state index in [4.69, 9.17) is 0 Å². The van der Waals surface area contributed by atoms with Gasteiger partial charge in [0.2, 0.25) is 5.91 Å². The van der Waals surface area contributed by atoms with Gasteiger partial charge in [0.15, 0.2) is 0 Å². The number of carbonyl (C=O) groups is 1. The molecule has 0 fully saturated rings. The van der Waals surface area contributed by atoms with Crippen molar-refractivity contribution in [3.05, 3.63) is 60.2 Å². The SMILES string of the molecule is Cc1ccccc1SCC(=O)NCCCSc1ccccc1. The summed E-state index contributed by atoms with van der Waals surface area (Å²) >= 11 is 3.43. The lowest BCUT2D eigenvalue weighted by molar-refractivity contribution is -0.118. The van der Waals surface area contributed by atoms with Gasteiger partial charge in [0.05, 0.1) is 5.75 Å². The minimum atomic E-state index is 0.109. The van der Waals surface area contributed by atoms with E-state index in [9.17, 15) is 4.79 Å². The van der Waals surface area contributed by atoms with Crippen molar-refractivity contribution in [3.8, 4) is 0 Å². The van der Waals surface area contributed by atoms with Crippen molar-refractivity contribution < 1.29 is 4.79 Å². The first kappa shape index (κ1) is 17.0. The zero-order valence-electron chi connectivity index (χ0n) is 12.7. The molecular weight excluding hydrogens is 310 g/mol. The highest BCUT2D eigenvalue weighted by atomic mass is 32.2. The lowest BCUT2D eigenvalue weighted by Crippen LogP contribution is -2.26. The number of benzene rings is 2. The van der Waals surface area contributed by atoms with Crippen LogP contribution in [-0.4, -0.2) is 24.0 Å². The van der Waals surface area contributed by atoms with Gasteiger partial charge >= 0.3 is 0 Å². The molecule has 0 radical (unpaired) electrons.